The second-order valence-corrected chi connectivity index (χ2v) is 8.52. The normalized spacial score (nSPS) is 13.1. The van der Waals surface area contributed by atoms with Crippen LogP contribution in [0.4, 0.5) is 0 Å². The largest absolute Gasteiger partial charge is 0.370 e. The Labute approximate surface area is 206 Å². The smallest absolute Gasteiger partial charge is 0.243 e. The zero-order valence-corrected chi connectivity index (χ0v) is 21.1. The highest BCUT2D eigenvalue weighted by Gasteiger charge is 2.29. The Balaban J connectivity index is 5.38. The van der Waals surface area contributed by atoms with Gasteiger partial charge in [0.2, 0.25) is 23.6 Å². The van der Waals surface area contributed by atoms with Crippen molar-refractivity contribution >= 4 is 35.5 Å². The topological polar surface area (TPSA) is 245 Å². The molecule has 0 saturated carbocycles. The van der Waals surface area contributed by atoms with Gasteiger partial charge in [0.15, 0.2) is 11.9 Å². The number of likely N-dealkylation sites (N-methyl/N-ethyl adjacent to an activating group) is 1. The second kappa shape index (κ2) is 16.9. The summed E-state index contributed by atoms with van der Waals surface area (Å²) in [6.45, 7) is 5.69. The molecule has 0 aliphatic carbocycles. The van der Waals surface area contributed by atoms with E-state index < -0.39 is 35.8 Å². The Morgan fingerprint density at radius 3 is 1.54 bits per heavy atom. The van der Waals surface area contributed by atoms with Gasteiger partial charge in [-0.25, -0.2) is 0 Å². The van der Waals surface area contributed by atoms with E-state index in [1.54, 1.807) is 0 Å². The molecule has 12 N–H and O–H groups in total. The van der Waals surface area contributed by atoms with E-state index in [-0.39, 0.29) is 36.7 Å². The molecule has 14 nitrogen and oxygen atoms in total. The van der Waals surface area contributed by atoms with Gasteiger partial charge in [-0.05, 0) is 38.0 Å². The van der Waals surface area contributed by atoms with Gasteiger partial charge >= 0.3 is 0 Å². The third-order valence-corrected chi connectivity index (χ3v) is 4.80. The maximum atomic E-state index is 13.1. The van der Waals surface area contributed by atoms with Crippen LogP contribution in [0.25, 0.3) is 0 Å². The van der Waals surface area contributed by atoms with Crippen LogP contribution in [0.5, 0.6) is 0 Å². The van der Waals surface area contributed by atoms with Crippen molar-refractivity contribution in [3.63, 3.8) is 0 Å². The van der Waals surface area contributed by atoms with Gasteiger partial charge in [0.05, 0.1) is 0 Å². The van der Waals surface area contributed by atoms with Crippen molar-refractivity contribution < 1.29 is 19.2 Å². The van der Waals surface area contributed by atoms with Crippen molar-refractivity contribution in [2.24, 2.45) is 38.8 Å². The average molecular weight is 499 g/mol. The second-order valence-electron chi connectivity index (χ2n) is 8.52. The first-order valence-corrected chi connectivity index (χ1v) is 11.6. The minimum Gasteiger partial charge on any atom is -0.370 e. The van der Waals surface area contributed by atoms with Crippen LogP contribution >= 0.6 is 0 Å². The van der Waals surface area contributed by atoms with E-state index in [4.69, 9.17) is 22.9 Å². The summed E-state index contributed by atoms with van der Waals surface area (Å²) in [5.74, 6) is -1.86. The van der Waals surface area contributed by atoms with Gasteiger partial charge in [0.25, 0.3) is 0 Å². The van der Waals surface area contributed by atoms with Gasteiger partial charge in [-0.2, -0.15) is 0 Å². The Morgan fingerprint density at radius 1 is 0.714 bits per heavy atom. The molecule has 0 aliphatic heterocycles. The van der Waals surface area contributed by atoms with Gasteiger partial charge < -0.3 is 44.2 Å². The van der Waals surface area contributed by atoms with E-state index in [0.29, 0.717) is 32.2 Å². The zero-order valence-electron chi connectivity index (χ0n) is 21.1. The summed E-state index contributed by atoms with van der Waals surface area (Å²) < 4.78 is 0. The van der Waals surface area contributed by atoms with Crippen molar-refractivity contribution in [1.82, 2.24) is 21.3 Å². The Morgan fingerprint density at radius 2 is 1.14 bits per heavy atom. The molecule has 0 bridgehead atoms. The number of nitrogens with one attached hydrogen (secondary N) is 4. The molecular weight excluding hydrogens is 456 g/mol. The van der Waals surface area contributed by atoms with E-state index >= 15 is 0 Å². The lowest BCUT2D eigenvalue weighted by molar-refractivity contribution is -0.133. The van der Waals surface area contributed by atoms with Crippen molar-refractivity contribution in [3.8, 4) is 0 Å². The molecule has 0 saturated heterocycles. The van der Waals surface area contributed by atoms with Crippen LogP contribution in [-0.4, -0.2) is 73.8 Å². The fraction of sp³-hybridized carbons (Fsp3) is 0.714. The van der Waals surface area contributed by atoms with Gasteiger partial charge in [-0.1, -0.05) is 13.8 Å². The molecular formula is C21H42N10O4. The first-order valence-electron chi connectivity index (χ1n) is 11.6. The van der Waals surface area contributed by atoms with Crippen LogP contribution in [-0.2, 0) is 19.2 Å². The summed E-state index contributed by atoms with van der Waals surface area (Å²) in [5.41, 5.74) is 21.2. The lowest BCUT2D eigenvalue weighted by Gasteiger charge is -2.26. The SMILES string of the molecule is CNC(=O)[C@H](CCCN=C(N)N)NC(=O)[C@H](CC(C)C)NC(=O)[C@H](CCCN=C(N)N)NC(C)=O. The molecule has 0 radical (unpaired) electrons. The Bertz CT molecular complexity index is 761. The van der Waals surface area contributed by atoms with E-state index in [1.807, 2.05) is 13.8 Å². The van der Waals surface area contributed by atoms with Crippen LogP contribution < -0.4 is 44.2 Å². The van der Waals surface area contributed by atoms with E-state index in [2.05, 4.69) is 31.3 Å². The summed E-state index contributed by atoms with van der Waals surface area (Å²) in [6, 6.07) is -2.63. The predicted octanol–water partition coefficient (Wildman–Crippen LogP) is -2.64. The molecule has 0 spiro atoms. The highest BCUT2D eigenvalue weighted by molar-refractivity contribution is 5.94. The van der Waals surface area contributed by atoms with Gasteiger partial charge in [0.1, 0.15) is 18.1 Å². The Kier molecular flexibility index (Phi) is 15.2. The van der Waals surface area contributed by atoms with E-state index in [0.717, 1.165) is 0 Å². The van der Waals surface area contributed by atoms with Gasteiger partial charge in [0, 0.05) is 27.1 Å². The third kappa shape index (κ3) is 15.0. The number of nitrogens with two attached hydrogens (primary N) is 4. The fourth-order valence-electron chi connectivity index (χ4n) is 3.21. The average Bonchev–Trinajstić information content (AvgIpc) is 2.75. The molecule has 0 fully saturated rings. The molecule has 14 heteroatoms. The monoisotopic (exact) mass is 498 g/mol. The van der Waals surface area contributed by atoms with Crippen LogP contribution in [0.3, 0.4) is 0 Å². The molecule has 0 aromatic carbocycles. The predicted molar refractivity (Wildman–Crippen MR) is 135 cm³/mol. The maximum absolute atomic E-state index is 13.1. The molecule has 0 heterocycles. The highest BCUT2D eigenvalue weighted by Crippen LogP contribution is 2.08. The molecule has 0 rings (SSSR count). The van der Waals surface area contributed by atoms with Crippen LogP contribution in [0.2, 0.25) is 0 Å². The first-order chi connectivity index (χ1) is 16.4. The summed E-state index contributed by atoms with van der Waals surface area (Å²) in [5, 5.41) is 10.5. The number of aliphatic imine (C=N–C) groups is 2. The fourth-order valence-corrected chi connectivity index (χ4v) is 3.21. The number of carbonyl (C=O) groups excluding carboxylic acids is 4. The molecule has 0 unspecified atom stereocenters. The summed E-state index contributed by atoms with van der Waals surface area (Å²) >= 11 is 0. The maximum Gasteiger partial charge on any atom is 0.243 e. The molecule has 200 valence electrons. The lowest BCUT2D eigenvalue weighted by Crippen LogP contribution is -2.56. The van der Waals surface area contributed by atoms with Crippen molar-refractivity contribution in [3.05, 3.63) is 0 Å². The standard InChI is InChI=1S/C21H42N10O4/c1-12(2)11-16(19(35)30-14(17(33)26-4)7-5-9-27-20(22)23)31-18(34)15(29-13(3)32)8-6-10-28-21(24)25/h12,14-16H,5-11H2,1-4H3,(H,26,33)(H,29,32)(H,30,35)(H,31,34)(H4,22,23,27)(H4,24,25,28)/t14-,15-,16-/m0/s1. The van der Waals surface area contributed by atoms with Crippen molar-refractivity contribution in [2.75, 3.05) is 20.1 Å². The van der Waals surface area contributed by atoms with Crippen molar-refractivity contribution in [1.29, 1.82) is 0 Å². The Hall–Kier alpha value is -3.58. The number of hydrogen-bond acceptors (Lipinski definition) is 6. The van der Waals surface area contributed by atoms with Crippen molar-refractivity contribution in [2.45, 2.75) is 71.0 Å². The summed E-state index contributed by atoms with van der Waals surface area (Å²) in [7, 11) is 1.46. The lowest BCUT2D eigenvalue weighted by atomic mass is 10.0. The molecule has 0 aliphatic rings. The first kappa shape index (κ1) is 31.4. The highest BCUT2D eigenvalue weighted by atomic mass is 16.2. The number of amides is 4. The quantitative estimate of drug-likeness (QED) is 0.0633. The number of rotatable bonds is 16. The van der Waals surface area contributed by atoms with E-state index in [1.165, 1.54) is 14.0 Å². The van der Waals surface area contributed by atoms with E-state index in [9.17, 15) is 19.2 Å². The number of nitrogens with zero attached hydrogens (tertiary/aromatic N) is 2. The molecule has 35 heavy (non-hydrogen) atoms. The number of guanidine groups is 2. The van der Waals surface area contributed by atoms with Gasteiger partial charge in [-0.15, -0.1) is 0 Å². The minimum atomic E-state index is -0.915. The van der Waals surface area contributed by atoms with Crippen LogP contribution in [0, 0.1) is 5.92 Å². The number of carbonyl (C=O) groups is 4. The van der Waals surface area contributed by atoms with Crippen LogP contribution in [0.1, 0.15) is 52.9 Å². The molecule has 3 atom stereocenters. The third-order valence-electron chi connectivity index (χ3n) is 4.80. The molecule has 4 amide bonds. The molecule has 0 aromatic rings. The summed E-state index contributed by atoms with van der Waals surface area (Å²) in [4.78, 5) is 57.6. The number of hydrogen-bond donors (Lipinski definition) is 8. The van der Waals surface area contributed by atoms with Crippen LogP contribution in [0.15, 0.2) is 9.98 Å². The zero-order chi connectivity index (χ0) is 27.0. The summed E-state index contributed by atoms with van der Waals surface area (Å²) in [6.07, 6.45) is 1.78. The molecule has 0 aromatic heterocycles. The van der Waals surface area contributed by atoms with Gasteiger partial charge in [-0.3, -0.25) is 29.2 Å². The minimum absolute atomic E-state index is 0.0581.